The Bertz CT molecular complexity index is 1190. The summed E-state index contributed by atoms with van der Waals surface area (Å²) < 4.78 is 59.4. The van der Waals surface area contributed by atoms with E-state index < -0.39 is 42.5 Å². The highest BCUT2D eigenvalue weighted by atomic mass is 32.2. The van der Waals surface area contributed by atoms with E-state index in [4.69, 9.17) is 19.7 Å². The Morgan fingerprint density at radius 1 is 1.19 bits per heavy atom. The number of rotatable bonds is 9. The Morgan fingerprint density at radius 2 is 1.89 bits per heavy atom. The summed E-state index contributed by atoms with van der Waals surface area (Å²) in [5.74, 6) is 0.00901. The van der Waals surface area contributed by atoms with Crippen LogP contribution in [0.1, 0.15) is 25.8 Å². The van der Waals surface area contributed by atoms with Gasteiger partial charge in [-0.3, -0.25) is 0 Å². The molecule has 0 saturated carbocycles. The Hall–Kier alpha value is -2.56. The first kappa shape index (κ1) is 27.5. The van der Waals surface area contributed by atoms with Gasteiger partial charge in [0.25, 0.3) is 0 Å². The fourth-order valence-corrected chi connectivity index (χ4v) is 7.23. The van der Waals surface area contributed by atoms with Gasteiger partial charge in [0.1, 0.15) is 12.1 Å². The number of carbonyl (C=O) groups excluding carboxylic acids is 1. The average molecular weight is 551 g/mol. The van der Waals surface area contributed by atoms with E-state index in [2.05, 4.69) is 0 Å². The van der Waals surface area contributed by atoms with Gasteiger partial charge in [0.15, 0.2) is 6.10 Å². The van der Waals surface area contributed by atoms with Gasteiger partial charge in [0, 0.05) is 31.6 Å². The zero-order valence-corrected chi connectivity index (χ0v) is 22.6. The third kappa shape index (κ3) is 6.66. The lowest BCUT2D eigenvalue weighted by atomic mass is 10.0. The maximum absolute atomic E-state index is 13.6. The lowest BCUT2D eigenvalue weighted by Crippen LogP contribution is -2.47. The molecule has 1 unspecified atom stereocenters. The Morgan fingerprint density at radius 3 is 2.51 bits per heavy atom. The summed E-state index contributed by atoms with van der Waals surface area (Å²) in [4.78, 5) is 13.2. The van der Waals surface area contributed by atoms with Crippen molar-refractivity contribution in [3.05, 3.63) is 60.2 Å². The van der Waals surface area contributed by atoms with Crippen LogP contribution in [0.3, 0.4) is 0 Å². The van der Waals surface area contributed by atoms with Gasteiger partial charge in [-0.2, -0.15) is 4.31 Å². The first-order chi connectivity index (χ1) is 17.6. The van der Waals surface area contributed by atoms with Crippen molar-refractivity contribution in [1.29, 1.82) is 0 Å². The van der Waals surface area contributed by atoms with E-state index in [0.717, 1.165) is 10.2 Å². The van der Waals surface area contributed by atoms with E-state index in [0.29, 0.717) is 25.1 Å². The molecule has 4 atom stereocenters. The molecule has 2 aromatic rings. The molecule has 2 saturated heterocycles. The Kier molecular flexibility index (Phi) is 8.82. The van der Waals surface area contributed by atoms with E-state index in [1.165, 1.54) is 28.6 Å². The summed E-state index contributed by atoms with van der Waals surface area (Å²) >= 11 is 0. The third-order valence-corrected chi connectivity index (χ3v) is 9.35. The molecule has 2 fully saturated rings. The third-order valence-electron chi connectivity index (χ3n) is 6.25. The van der Waals surface area contributed by atoms with Gasteiger partial charge in [0.05, 0.1) is 18.1 Å². The zero-order valence-electron chi connectivity index (χ0n) is 20.9. The summed E-state index contributed by atoms with van der Waals surface area (Å²) in [6, 6.07) is 14.7. The van der Waals surface area contributed by atoms with Gasteiger partial charge < -0.3 is 15.2 Å². The average Bonchev–Trinajstić information content (AvgIpc) is 3.46. The van der Waals surface area contributed by atoms with Crippen molar-refractivity contribution in [2.75, 3.05) is 32.0 Å². The lowest BCUT2D eigenvalue weighted by Gasteiger charge is -2.27. The number of ether oxygens (including phenoxy) is 2. The van der Waals surface area contributed by atoms with Crippen molar-refractivity contribution in [2.45, 2.75) is 49.8 Å². The molecule has 2 aromatic carbocycles. The number of carbonyl (C=O) groups is 1. The SMILES string of the molecule is CC(C)CN(C[C@H]1O[P+](=O)N(C(=O)O[C@H]2CCOC2)[C@H]1Cc1ccccc1)S(=O)(=O)c1ccc(N)cc1. The molecule has 37 heavy (non-hydrogen) atoms. The molecule has 0 spiro atoms. The molecule has 2 heterocycles. The van der Waals surface area contributed by atoms with Crippen LogP contribution in [0.5, 0.6) is 0 Å². The summed E-state index contributed by atoms with van der Waals surface area (Å²) in [5, 5.41) is 0. The number of sulfonamides is 1. The summed E-state index contributed by atoms with van der Waals surface area (Å²) in [5.41, 5.74) is 7.10. The van der Waals surface area contributed by atoms with E-state index in [9.17, 15) is 17.8 Å². The predicted molar refractivity (Wildman–Crippen MR) is 138 cm³/mol. The number of nitrogens with two attached hydrogens (primary N) is 1. The Labute approximate surface area is 218 Å². The van der Waals surface area contributed by atoms with Crippen LogP contribution >= 0.6 is 8.18 Å². The fraction of sp³-hybridized carbons (Fsp3) is 0.480. The molecule has 2 aliphatic rings. The molecule has 1 amide bonds. The molecular weight excluding hydrogens is 517 g/mol. The molecule has 0 aliphatic carbocycles. The molecule has 0 aromatic heterocycles. The van der Waals surface area contributed by atoms with Gasteiger partial charge in [-0.25, -0.2) is 13.2 Å². The number of nitrogens with zero attached hydrogens (tertiary/aromatic N) is 2. The Balaban J connectivity index is 1.62. The number of benzene rings is 2. The summed E-state index contributed by atoms with van der Waals surface area (Å²) in [6.45, 7) is 4.73. The van der Waals surface area contributed by atoms with E-state index in [1.54, 1.807) is 0 Å². The van der Waals surface area contributed by atoms with E-state index >= 15 is 0 Å². The van der Waals surface area contributed by atoms with Gasteiger partial charge in [0.2, 0.25) is 10.0 Å². The highest BCUT2D eigenvalue weighted by Gasteiger charge is 2.57. The fourth-order valence-electron chi connectivity index (χ4n) is 4.42. The number of hydrogen-bond donors (Lipinski definition) is 1. The molecule has 200 valence electrons. The van der Waals surface area contributed by atoms with Gasteiger partial charge in [-0.05, 0) is 40.3 Å². The maximum Gasteiger partial charge on any atom is 0.652 e. The normalized spacial score (nSPS) is 23.2. The second-order valence-electron chi connectivity index (χ2n) is 9.64. The largest absolute Gasteiger partial charge is 0.652 e. The van der Waals surface area contributed by atoms with Crippen LogP contribution in [0.4, 0.5) is 10.5 Å². The van der Waals surface area contributed by atoms with Crippen molar-refractivity contribution in [2.24, 2.45) is 5.92 Å². The highest BCUT2D eigenvalue weighted by Crippen LogP contribution is 2.44. The second-order valence-corrected chi connectivity index (χ2v) is 12.7. The molecule has 12 heteroatoms. The van der Waals surface area contributed by atoms with Gasteiger partial charge in [-0.15, -0.1) is 4.52 Å². The van der Waals surface area contributed by atoms with E-state index in [1.807, 2.05) is 44.2 Å². The highest BCUT2D eigenvalue weighted by molar-refractivity contribution is 7.89. The molecule has 4 rings (SSSR count). The standard InChI is InChI=1S/C25H33N3O7PS/c1-18(2)15-27(37(31,32)22-10-8-20(26)9-11-22)16-24-23(14-19-6-4-3-5-7-19)28(36(30)35-24)25(29)34-21-12-13-33-17-21/h3-11,18,21,23-24H,12-17,26H2,1-2H3/q+1/t21-,23-,24+/m0/s1. The monoisotopic (exact) mass is 550 g/mol. The minimum atomic E-state index is -3.92. The van der Waals surface area contributed by atoms with Crippen LogP contribution in [0, 0.1) is 5.92 Å². The lowest BCUT2D eigenvalue weighted by molar-refractivity contribution is 0.0620. The van der Waals surface area contributed by atoms with Crippen LogP contribution in [-0.4, -0.2) is 68.0 Å². The number of anilines is 1. The number of hydrogen-bond acceptors (Lipinski definition) is 8. The van der Waals surface area contributed by atoms with Crippen molar-refractivity contribution in [3.63, 3.8) is 0 Å². The quantitative estimate of drug-likeness (QED) is 0.369. The van der Waals surface area contributed by atoms with Crippen molar-refractivity contribution in [1.82, 2.24) is 8.98 Å². The minimum Gasteiger partial charge on any atom is -0.441 e. The summed E-state index contributed by atoms with van der Waals surface area (Å²) in [6.07, 6.45) is -1.13. The van der Waals surface area contributed by atoms with Crippen LogP contribution in [-0.2, 0) is 35.0 Å². The smallest absolute Gasteiger partial charge is 0.441 e. The van der Waals surface area contributed by atoms with E-state index in [-0.39, 0.29) is 30.5 Å². The molecule has 0 bridgehead atoms. The van der Waals surface area contributed by atoms with Gasteiger partial charge in [-0.1, -0.05) is 48.8 Å². The summed E-state index contributed by atoms with van der Waals surface area (Å²) in [7, 11) is -6.50. The molecule has 0 radical (unpaired) electrons. The molecule has 10 nitrogen and oxygen atoms in total. The predicted octanol–water partition coefficient (Wildman–Crippen LogP) is 3.81. The van der Waals surface area contributed by atoms with Crippen LogP contribution in [0.2, 0.25) is 0 Å². The van der Waals surface area contributed by atoms with Crippen LogP contribution < -0.4 is 5.73 Å². The van der Waals surface area contributed by atoms with Crippen molar-refractivity contribution < 1.29 is 31.8 Å². The number of amides is 1. The van der Waals surface area contributed by atoms with Crippen LogP contribution in [0.25, 0.3) is 0 Å². The van der Waals surface area contributed by atoms with Crippen LogP contribution in [0.15, 0.2) is 59.5 Å². The topological polar surface area (TPSA) is 128 Å². The zero-order chi connectivity index (χ0) is 26.6. The second kappa shape index (κ2) is 11.9. The maximum atomic E-state index is 13.6. The minimum absolute atomic E-state index is 0.00901. The molecule has 2 aliphatic heterocycles. The van der Waals surface area contributed by atoms with Crippen molar-refractivity contribution >= 4 is 30.0 Å². The first-order valence-corrected chi connectivity index (χ1v) is 14.8. The molecule has 2 N–H and O–H groups in total. The van der Waals surface area contributed by atoms with Crippen molar-refractivity contribution in [3.8, 4) is 0 Å². The molecular formula is C25H33N3O7PS+. The number of nitrogen functional groups attached to an aromatic ring is 1. The first-order valence-electron chi connectivity index (χ1n) is 12.3. The van der Waals surface area contributed by atoms with Gasteiger partial charge >= 0.3 is 14.3 Å².